The molecule has 6 heteroatoms. The minimum absolute atomic E-state index is 0.199. The molecule has 0 radical (unpaired) electrons. The molecule has 0 saturated carbocycles. The Kier molecular flexibility index (Phi) is 3.61. The van der Waals surface area contributed by atoms with Crippen molar-refractivity contribution in [3.8, 4) is 17.1 Å². The Balaban J connectivity index is 2.32. The average Bonchev–Trinajstić information content (AvgIpc) is 2.70. The van der Waals surface area contributed by atoms with Crippen LogP contribution >= 0.6 is 45.2 Å². The summed E-state index contributed by atoms with van der Waals surface area (Å²) >= 11 is 4.28. The molecule has 0 spiro atoms. The summed E-state index contributed by atoms with van der Waals surface area (Å²) in [4.78, 5) is 4.44. The highest BCUT2D eigenvalue weighted by molar-refractivity contribution is 14.1. The molecule has 0 bridgehead atoms. The molecule has 0 amide bonds. The second-order valence-corrected chi connectivity index (χ2v) is 6.82. The molecule has 0 unspecified atom stereocenters. The highest BCUT2D eigenvalue weighted by Crippen LogP contribution is 2.35. The highest BCUT2D eigenvalue weighted by atomic mass is 127. The van der Waals surface area contributed by atoms with Crippen molar-refractivity contribution in [2.45, 2.75) is 0 Å². The zero-order valence-electron chi connectivity index (χ0n) is 10.4. The van der Waals surface area contributed by atoms with Gasteiger partial charge in [0.15, 0.2) is 0 Å². The highest BCUT2D eigenvalue weighted by Gasteiger charge is 2.16. The summed E-state index contributed by atoms with van der Waals surface area (Å²) in [6.07, 6.45) is 0. The van der Waals surface area contributed by atoms with Crippen LogP contribution in [-0.4, -0.2) is 14.7 Å². The number of aromatic nitrogens is 2. The lowest BCUT2D eigenvalue weighted by Crippen LogP contribution is -1.94. The molecular formula is C14H9FI2N2O. The number of aryl methyl sites for hydroxylation is 1. The van der Waals surface area contributed by atoms with E-state index in [1.54, 1.807) is 6.07 Å². The normalized spacial score (nSPS) is 11.2. The first kappa shape index (κ1) is 14.1. The first-order valence-corrected chi connectivity index (χ1v) is 7.93. The molecule has 0 atom stereocenters. The molecule has 0 aliphatic rings. The van der Waals surface area contributed by atoms with Crippen LogP contribution in [0.4, 0.5) is 4.39 Å². The molecular weight excluding hydrogens is 485 g/mol. The lowest BCUT2D eigenvalue weighted by Gasteiger charge is -2.07. The number of hydrogen-bond acceptors (Lipinski definition) is 2. The fourth-order valence-electron chi connectivity index (χ4n) is 2.15. The molecule has 2 aromatic carbocycles. The second kappa shape index (κ2) is 5.14. The smallest absolute Gasteiger partial charge is 0.144 e. The maximum absolute atomic E-state index is 13.3. The van der Waals surface area contributed by atoms with Gasteiger partial charge in [-0.05, 0) is 69.4 Å². The molecule has 1 aromatic heterocycles. The van der Waals surface area contributed by atoms with E-state index in [0.717, 1.165) is 12.7 Å². The predicted octanol–water partition coefficient (Wildman–Crippen LogP) is 4.29. The molecule has 3 aromatic rings. The average molecular weight is 494 g/mol. The Hall–Kier alpha value is -0.900. The van der Waals surface area contributed by atoms with E-state index in [4.69, 9.17) is 0 Å². The van der Waals surface area contributed by atoms with Crippen molar-refractivity contribution in [2.75, 3.05) is 0 Å². The summed E-state index contributed by atoms with van der Waals surface area (Å²) in [5, 5.41) is 10.2. The van der Waals surface area contributed by atoms with Crippen LogP contribution in [0, 0.1) is 13.0 Å². The van der Waals surface area contributed by atoms with Gasteiger partial charge >= 0.3 is 0 Å². The zero-order chi connectivity index (χ0) is 14.4. The number of nitrogens with zero attached hydrogens (tertiary/aromatic N) is 2. The predicted molar refractivity (Wildman–Crippen MR) is 93.2 cm³/mol. The van der Waals surface area contributed by atoms with Crippen LogP contribution in [0.3, 0.4) is 0 Å². The van der Waals surface area contributed by atoms with Crippen LogP contribution in [0.25, 0.3) is 22.4 Å². The molecule has 0 aliphatic heterocycles. The van der Waals surface area contributed by atoms with E-state index < -0.39 is 0 Å². The van der Waals surface area contributed by atoms with E-state index >= 15 is 0 Å². The van der Waals surface area contributed by atoms with Crippen LogP contribution in [0.15, 0.2) is 30.3 Å². The fourth-order valence-corrected chi connectivity index (χ4v) is 4.00. The summed E-state index contributed by atoms with van der Waals surface area (Å²) in [5.74, 6) is 0.507. The van der Waals surface area contributed by atoms with Crippen LogP contribution in [0.1, 0.15) is 0 Å². The van der Waals surface area contributed by atoms with Crippen molar-refractivity contribution >= 4 is 56.2 Å². The lowest BCUT2D eigenvalue weighted by molar-refractivity contribution is 0.472. The summed E-state index contributed by atoms with van der Waals surface area (Å²) < 4.78 is 16.9. The van der Waals surface area contributed by atoms with Crippen molar-refractivity contribution in [3.05, 3.63) is 43.3 Å². The number of fused-ring (bicyclic) bond motifs is 1. The minimum atomic E-state index is -0.316. The molecule has 0 fully saturated rings. The SMILES string of the molecule is Cn1c(-c2cc(I)cc(I)c2O)nc2cc(F)ccc21. The van der Waals surface area contributed by atoms with Crippen molar-refractivity contribution in [3.63, 3.8) is 0 Å². The van der Waals surface area contributed by atoms with Gasteiger partial charge in [0, 0.05) is 16.7 Å². The van der Waals surface area contributed by atoms with E-state index in [-0.39, 0.29) is 11.6 Å². The van der Waals surface area contributed by atoms with E-state index in [1.165, 1.54) is 12.1 Å². The van der Waals surface area contributed by atoms with Gasteiger partial charge in [0.25, 0.3) is 0 Å². The van der Waals surface area contributed by atoms with Crippen LogP contribution in [0.5, 0.6) is 5.75 Å². The molecule has 0 saturated heterocycles. The lowest BCUT2D eigenvalue weighted by atomic mass is 10.2. The molecule has 0 aliphatic carbocycles. The third-order valence-corrected chi connectivity index (χ3v) is 4.56. The van der Waals surface area contributed by atoms with Gasteiger partial charge in [0.1, 0.15) is 17.4 Å². The molecule has 1 heterocycles. The van der Waals surface area contributed by atoms with Gasteiger partial charge < -0.3 is 9.67 Å². The number of imidazole rings is 1. The zero-order valence-corrected chi connectivity index (χ0v) is 14.7. The maximum atomic E-state index is 13.3. The molecule has 102 valence electrons. The van der Waals surface area contributed by atoms with Gasteiger partial charge in [-0.15, -0.1) is 0 Å². The fraction of sp³-hybridized carbons (Fsp3) is 0.0714. The minimum Gasteiger partial charge on any atom is -0.506 e. The third kappa shape index (κ3) is 2.28. The van der Waals surface area contributed by atoms with Gasteiger partial charge in [-0.3, -0.25) is 0 Å². The van der Waals surface area contributed by atoms with Crippen molar-refractivity contribution in [1.82, 2.24) is 9.55 Å². The van der Waals surface area contributed by atoms with Gasteiger partial charge in [-0.25, -0.2) is 9.37 Å². The van der Waals surface area contributed by atoms with E-state index in [0.29, 0.717) is 16.9 Å². The largest absolute Gasteiger partial charge is 0.506 e. The van der Waals surface area contributed by atoms with Crippen molar-refractivity contribution in [2.24, 2.45) is 7.05 Å². The second-order valence-electron chi connectivity index (χ2n) is 4.41. The monoisotopic (exact) mass is 494 g/mol. The van der Waals surface area contributed by atoms with Crippen LogP contribution < -0.4 is 0 Å². The van der Waals surface area contributed by atoms with Crippen LogP contribution in [-0.2, 0) is 7.05 Å². The Morgan fingerprint density at radius 3 is 2.70 bits per heavy atom. The van der Waals surface area contributed by atoms with Gasteiger partial charge in [0.2, 0.25) is 0 Å². The van der Waals surface area contributed by atoms with Gasteiger partial charge in [-0.1, -0.05) is 0 Å². The van der Waals surface area contributed by atoms with Crippen molar-refractivity contribution < 1.29 is 9.50 Å². The maximum Gasteiger partial charge on any atom is 0.144 e. The summed E-state index contributed by atoms with van der Waals surface area (Å²) in [6, 6.07) is 8.26. The molecule has 3 rings (SSSR count). The van der Waals surface area contributed by atoms with E-state index in [1.807, 2.05) is 23.7 Å². The summed E-state index contributed by atoms with van der Waals surface area (Å²) in [6.45, 7) is 0. The molecule has 3 nitrogen and oxygen atoms in total. The third-order valence-electron chi connectivity index (χ3n) is 3.11. The number of hydrogen-bond donors (Lipinski definition) is 1. The number of rotatable bonds is 1. The van der Waals surface area contributed by atoms with Gasteiger partial charge in [0.05, 0.1) is 20.2 Å². The first-order valence-electron chi connectivity index (χ1n) is 5.77. The van der Waals surface area contributed by atoms with E-state index in [9.17, 15) is 9.50 Å². The number of halogens is 3. The molecule has 1 N–H and O–H groups in total. The topological polar surface area (TPSA) is 38.0 Å². The van der Waals surface area contributed by atoms with E-state index in [2.05, 4.69) is 50.2 Å². The Morgan fingerprint density at radius 2 is 1.95 bits per heavy atom. The van der Waals surface area contributed by atoms with Gasteiger partial charge in [-0.2, -0.15) is 0 Å². The first-order chi connectivity index (χ1) is 9.47. The Morgan fingerprint density at radius 1 is 1.20 bits per heavy atom. The van der Waals surface area contributed by atoms with Crippen molar-refractivity contribution in [1.29, 1.82) is 0 Å². The summed E-state index contributed by atoms with van der Waals surface area (Å²) in [5.41, 5.74) is 2.06. The Bertz CT molecular complexity index is 830. The number of benzene rings is 2. The number of phenols is 1. The quantitative estimate of drug-likeness (QED) is 0.513. The Labute approximate surface area is 142 Å². The summed E-state index contributed by atoms with van der Waals surface area (Å²) in [7, 11) is 1.86. The van der Waals surface area contributed by atoms with Crippen LogP contribution in [0.2, 0.25) is 0 Å². The number of aromatic hydroxyl groups is 1. The molecule has 20 heavy (non-hydrogen) atoms. The number of phenolic OH excluding ortho intramolecular Hbond substituents is 1. The standard InChI is InChI=1S/C14H9FI2N2O/c1-19-12-3-2-7(15)4-11(12)18-14(19)9-5-8(16)6-10(17)13(9)20/h2-6,20H,1H3.